The predicted molar refractivity (Wildman–Crippen MR) is 63.1 cm³/mol. The molecule has 17 heavy (non-hydrogen) atoms. The Bertz CT molecular complexity index is 386. The molecule has 2 aliphatic rings. The molecule has 1 atom stereocenters. The molecular weight excluding hydrogens is 242 g/mol. The third-order valence-corrected chi connectivity index (χ3v) is 5.81. The highest BCUT2D eigenvalue weighted by molar-refractivity contribution is 7.89. The Labute approximate surface area is 102 Å². The van der Waals surface area contributed by atoms with Crippen LogP contribution in [0.3, 0.4) is 0 Å². The molecule has 98 valence electrons. The number of carboxylic acids is 1. The highest BCUT2D eigenvalue weighted by Gasteiger charge is 2.39. The zero-order valence-electron chi connectivity index (χ0n) is 9.84. The fourth-order valence-corrected chi connectivity index (χ4v) is 5.00. The molecule has 0 radical (unpaired) electrons. The Kier molecular flexibility index (Phi) is 3.73. The molecule has 6 heteroatoms. The standard InChI is InChI=1S/C11H19NO4S/c13-11(14)10-6-3-7-12(10)17(15,16)8-9-4-1-2-5-9/h9-10H,1-8H2,(H,13,14)/t10-/m1/s1. The summed E-state index contributed by atoms with van der Waals surface area (Å²) in [6, 6.07) is -0.832. The lowest BCUT2D eigenvalue weighted by molar-refractivity contribution is -0.140. The molecule has 1 saturated heterocycles. The number of sulfonamides is 1. The van der Waals surface area contributed by atoms with Crippen LogP contribution in [0.1, 0.15) is 38.5 Å². The zero-order chi connectivity index (χ0) is 12.5. The SMILES string of the molecule is O=C(O)[C@H]1CCCN1S(=O)(=O)CC1CCCC1. The summed E-state index contributed by atoms with van der Waals surface area (Å²) >= 11 is 0. The van der Waals surface area contributed by atoms with Crippen LogP contribution in [0, 0.1) is 5.92 Å². The van der Waals surface area contributed by atoms with Crippen LogP contribution < -0.4 is 0 Å². The number of hydrogen-bond donors (Lipinski definition) is 1. The number of rotatable bonds is 4. The molecule has 1 heterocycles. The van der Waals surface area contributed by atoms with E-state index in [0.29, 0.717) is 19.4 Å². The third-order valence-electron chi connectivity index (χ3n) is 3.77. The van der Waals surface area contributed by atoms with E-state index in [4.69, 9.17) is 5.11 Å². The average molecular weight is 261 g/mol. The van der Waals surface area contributed by atoms with Gasteiger partial charge >= 0.3 is 5.97 Å². The molecule has 0 aromatic heterocycles. The van der Waals surface area contributed by atoms with E-state index in [1.807, 2.05) is 0 Å². The highest BCUT2D eigenvalue weighted by atomic mass is 32.2. The predicted octanol–water partition coefficient (Wildman–Crippen LogP) is 1.06. The van der Waals surface area contributed by atoms with Crippen LogP contribution >= 0.6 is 0 Å². The van der Waals surface area contributed by atoms with E-state index in [1.165, 1.54) is 4.31 Å². The number of carboxylic acid groups (broad SMARTS) is 1. The second kappa shape index (κ2) is 4.94. The van der Waals surface area contributed by atoms with Gasteiger partial charge in [-0.25, -0.2) is 8.42 Å². The molecule has 2 rings (SSSR count). The molecule has 0 aromatic carbocycles. The van der Waals surface area contributed by atoms with Crippen LogP contribution in [0.2, 0.25) is 0 Å². The highest BCUT2D eigenvalue weighted by Crippen LogP contribution is 2.29. The summed E-state index contributed by atoms with van der Waals surface area (Å²) in [5.41, 5.74) is 0. The maximum Gasteiger partial charge on any atom is 0.322 e. The van der Waals surface area contributed by atoms with Gasteiger partial charge in [0.05, 0.1) is 5.75 Å². The first-order valence-corrected chi connectivity index (χ1v) is 7.84. The first-order chi connectivity index (χ1) is 8.00. The summed E-state index contributed by atoms with van der Waals surface area (Å²) in [6.45, 7) is 0.367. The first-order valence-electron chi connectivity index (χ1n) is 6.23. The Morgan fingerprint density at radius 1 is 1.18 bits per heavy atom. The van der Waals surface area contributed by atoms with Crippen LogP contribution in [0.5, 0.6) is 0 Å². The fourth-order valence-electron chi connectivity index (χ4n) is 2.89. The van der Waals surface area contributed by atoms with E-state index >= 15 is 0 Å². The Morgan fingerprint density at radius 3 is 2.41 bits per heavy atom. The van der Waals surface area contributed by atoms with Crippen molar-refractivity contribution in [3.63, 3.8) is 0 Å². The second-order valence-corrected chi connectivity index (χ2v) is 7.00. The van der Waals surface area contributed by atoms with Gasteiger partial charge < -0.3 is 5.11 Å². The number of carbonyl (C=O) groups is 1. The van der Waals surface area contributed by atoms with Crippen molar-refractivity contribution in [2.75, 3.05) is 12.3 Å². The Balaban J connectivity index is 2.06. The molecule has 0 spiro atoms. The largest absolute Gasteiger partial charge is 0.480 e. The molecule has 0 amide bonds. The van der Waals surface area contributed by atoms with Crippen molar-refractivity contribution in [2.24, 2.45) is 5.92 Å². The quantitative estimate of drug-likeness (QED) is 0.821. The minimum atomic E-state index is -3.39. The van der Waals surface area contributed by atoms with Crippen molar-refractivity contribution in [2.45, 2.75) is 44.6 Å². The van der Waals surface area contributed by atoms with E-state index in [-0.39, 0.29) is 11.7 Å². The van der Waals surface area contributed by atoms with Gasteiger partial charge in [0.2, 0.25) is 10.0 Å². The van der Waals surface area contributed by atoms with Crippen molar-refractivity contribution in [1.82, 2.24) is 4.31 Å². The second-order valence-electron chi connectivity index (χ2n) is 5.04. The van der Waals surface area contributed by atoms with E-state index in [2.05, 4.69) is 0 Å². The third kappa shape index (κ3) is 2.80. The van der Waals surface area contributed by atoms with Crippen molar-refractivity contribution in [1.29, 1.82) is 0 Å². The van der Waals surface area contributed by atoms with Crippen molar-refractivity contribution in [3.05, 3.63) is 0 Å². The molecule has 1 aliphatic heterocycles. The zero-order valence-corrected chi connectivity index (χ0v) is 10.7. The lowest BCUT2D eigenvalue weighted by Crippen LogP contribution is -2.42. The van der Waals surface area contributed by atoms with Crippen molar-refractivity contribution in [3.8, 4) is 0 Å². The maximum absolute atomic E-state index is 12.2. The van der Waals surface area contributed by atoms with Crippen LogP contribution in [-0.2, 0) is 14.8 Å². The van der Waals surface area contributed by atoms with Gasteiger partial charge in [-0.05, 0) is 31.6 Å². The fraction of sp³-hybridized carbons (Fsp3) is 0.909. The maximum atomic E-state index is 12.2. The molecule has 0 aromatic rings. The van der Waals surface area contributed by atoms with Gasteiger partial charge in [-0.15, -0.1) is 0 Å². The summed E-state index contributed by atoms with van der Waals surface area (Å²) in [7, 11) is -3.39. The lowest BCUT2D eigenvalue weighted by atomic mass is 10.1. The molecule has 1 N–H and O–H groups in total. The topological polar surface area (TPSA) is 74.7 Å². The summed E-state index contributed by atoms with van der Waals surface area (Å²) in [5.74, 6) is -0.649. The Hall–Kier alpha value is -0.620. The van der Waals surface area contributed by atoms with Gasteiger partial charge in [-0.2, -0.15) is 4.31 Å². The molecule has 1 aliphatic carbocycles. The van der Waals surface area contributed by atoms with Gasteiger partial charge in [0.1, 0.15) is 6.04 Å². The summed E-state index contributed by atoms with van der Waals surface area (Å²) < 4.78 is 25.5. The van der Waals surface area contributed by atoms with Gasteiger partial charge in [-0.3, -0.25) is 4.79 Å². The van der Waals surface area contributed by atoms with Crippen LogP contribution in [-0.4, -0.2) is 42.1 Å². The van der Waals surface area contributed by atoms with Gasteiger partial charge in [-0.1, -0.05) is 12.8 Å². The van der Waals surface area contributed by atoms with Crippen molar-refractivity contribution >= 4 is 16.0 Å². The molecule has 5 nitrogen and oxygen atoms in total. The molecule has 1 saturated carbocycles. The minimum Gasteiger partial charge on any atom is -0.480 e. The monoisotopic (exact) mass is 261 g/mol. The number of hydrogen-bond acceptors (Lipinski definition) is 3. The minimum absolute atomic E-state index is 0.136. The van der Waals surface area contributed by atoms with E-state index in [1.54, 1.807) is 0 Å². The summed E-state index contributed by atoms with van der Waals surface area (Å²) in [5, 5.41) is 9.00. The molecule has 0 bridgehead atoms. The normalized spacial score (nSPS) is 27.6. The Morgan fingerprint density at radius 2 is 1.82 bits per heavy atom. The molecular formula is C11H19NO4S. The lowest BCUT2D eigenvalue weighted by Gasteiger charge is -2.22. The molecule has 2 fully saturated rings. The van der Waals surface area contributed by atoms with Crippen molar-refractivity contribution < 1.29 is 18.3 Å². The number of aliphatic carboxylic acids is 1. The number of nitrogens with zero attached hydrogens (tertiary/aromatic N) is 1. The first kappa shape index (κ1) is 12.8. The van der Waals surface area contributed by atoms with Crippen LogP contribution in [0.4, 0.5) is 0 Å². The molecule has 0 unspecified atom stereocenters. The summed E-state index contributed by atoms with van der Waals surface area (Å²) in [4.78, 5) is 11.0. The van der Waals surface area contributed by atoms with E-state index in [0.717, 1.165) is 25.7 Å². The van der Waals surface area contributed by atoms with E-state index in [9.17, 15) is 13.2 Å². The van der Waals surface area contributed by atoms with E-state index < -0.39 is 22.0 Å². The average Bonchev–Trinajstić information content (AvgIpc) is 2.84. The van der Waals surface area contributed by atoms with Gasteiger partial charge in [0, 0.05) is 6.54 Å². The smallest absolute Gasteiger partial charge is 0.322 e. The van der Waals surface area contributed by atoms with Crippen LogP contribution in [0.15, 0.2) is 0 Å². The van der Waals surface area contributed by atoms with Gasteiger partial charge in [0.25, 0.3) is 0 Å². The van der Waals surface area contributed by atoms with Gasteiger partial charge in [0.15, 0.2) is 0 Å². The van der Waals surface area contributed by atoms with Crippen LogP contribution in [0.25, 0.3) is 0 Å². The summed E-state index contributed by atoms with van der Waals surface area (Å²) in [6.07, 6.45) is 5.22.